The summed E-state index contributed by atoms with van der Waals surface area (Å²) in [6, 6.07) is 12.0. The molecule has 0 radical (unpaired) electrons. The number of hydrogen-bond donors (Lipinski definition) is 0. The topological polar surface area (TPSA) is 11.3 Å². The standard InChI is InChI=1S/C14H14ClO/c1-10-7-11(2)16-14(8-10)9-12-3-5-13(15)6-4-12/h3-8H,9H2,1-2H3/q+1. The lowest BCUT2D eigenvalue weighted by Gasteiger charge is -1.96. The van der Waals surface area contributed by atoms with Crippen molar-refractivity contribution in [3.05, 3.63) is 64.1 Å². The molecule has 0 atom stereocenters. The van der Waals surface area contributed by atoms with Crippen molar-refractivity contribution < 1.29 is 4.42 Å². The third-order valence-electron chi connectivity index (χ3n) is 2.40. The highest BCUT2D eigenvalue weighted by Gasteiger charge is 2.11. The Morgan fingerprint density at radius 2 is 1.75 bits per heavy atom. The minimum Gasteiger partial charge on any atom is -0.218 e. The Morgan fingerprint density at radius 1 is 1.06 bits per heavy atom. The molecule has 0 saturated heterocycles. The van der Waals surface area contributed by atoms with Gasteiger partial charge in [0.2, 0.25) is 0 Å². The van der Waals surface area contributed by atoms with E-state index >= 15 is 0 Å². The Labute approximate surface area is 101 Å². The summed E-state index contributed by atoms with van der Waals surface area (Å²) in [6.07, 6.45) is 0.805. The Balaban J connectivity index is 2.23. The zero-order valence-electron chi connectivity index (χ0n) is 9.46. The number of aryl methyl sites for hydroxylation is 2. The van der Waals surface area contributed by atoms with Crippen LogP contribution < -0.4 is 0 Å². The van der Waals surface area contributed by atoms with Crippen LogP contribution in [0.1, 0.15) is 22.6 Å². The van der Waals surface area contributed by atoms with E-state index in [1.165, 1.54) is 11.1 Å². The summed E-state index contributed by atoms with van der Waals surface area (Å²) in [5, 5.41) is 0.765. The smallest absolute Gasteiger partial charge is 0.218 e. The molecule has 16 heavy (non-hydrogen) atoms. The molecule has 0 saturated carbocycles. The molecule has 0 fully saturated rings. The third kappa shape index (κ3) is 2.83. The molecule has 0 spiro atoms. The van der Waals surface area contributed by atoms with Gasteiger partial charge < -0.3 is 0 Å². The molecule has 1 nitrogen and oxygen atoms in total. The van der Waals surface area contributed by atoms with Crippen molar-refractivity contribution in [3.63, 3.8) is 0 Å². The van der Waals surface area contributed by atoms with Crippen LogP contribution in [0.2, 0.25) is 5.02 Å². The normalized spacial score (nSPS) is 10.4. The second-order valence-corrected chi connectivity index (χ2v) is 4.45. The van der Waals surface area contributed by atoms with Gasteiger partial charge in [-0.3, -0.25) is 0 Å². The molecule has 0 aliphatic carbocycles. The lowest BCUT2D eigenvalue weighted by Crippen LogP contribution is -1.90. The van der Waals surface area contributed by atoms with Gasteiger partial charge >= 0.3 is 11.5 Å². The summed E-state index contributed by atoms with van der Waals surface area (Å²) in [6.45, 7) is 4.05. The predicted octanol–water partition coefficient (Wildman–Crippen LogP) is 4.42. The summed E-state index contributed by atoms with van der Waals surface area (Å²) in [7, 11) is 0. The lowest BCUT2D eigenvalue weighted by atomic mass is 10.1. The first-order valence-electron chi connectivity index (χ1n) is 5.28. The van der Waals surface area contributed by atoms with E-state index in [1.807, 2.05) is 37.3 Å². The molecule has 0 aliphatic rings. The van der Waals surface area contributed by atoms with Gasteiger partial charge in [0.15, 0.2) is 0 Å². The summed E-state index contributed by atoms with van der Waals surface area (Å²) in [5.41, 5.74) is 2.44. The van der Waals surface area contributed by atoms with Gasteiger partial charge in [-0.05, 0) is 30.2 Å². The van der Waals surface area contributed by atoms with Crippen molar-refractivity contribution in [1.29, 1.82) is 0 Å². The fraction of sp³-hybridized carbons (Fsp3) is 0.214. The van der Waals surface area contributed by atoms with Crippen molar-refractivity contribution in [2.75, 3.05) is 0 Å². The first kappa shape index (κ1) is 11.2. The molecule has 1 aromatic carbocycles. The molecule has 1 aromatic heterocycles. The fourth-order valence-corrected chi connectivity index (χ4v) is 1.90. The highest BCUT2D eigenvalue weighted by Crippen LogP contribution is 2.15. The molecule has 0 unspecified atom stereocenters. The van der Waals surface area contributed by atoms with Gasteiger partial charge in [0.05, 0.1) is 13.3 Å². The van der Waals surface area contributed by atoms with Crippen LogP contribution in [0, 0.1) is 13.8 Å². The molecular formula is C14H14ClO+. The van der Waals surface area contributed by atoms with E-state index in [9.17, 15) is 0 Å². The van der Waals surface area contributed by atoms with E-state index in [1.54, 1.807) is 0 Å². The van der Waals surface area contributed by atoms with Crippen LogP contribution in [0.3, 0.4) is 0 Å². The monoisotopic (exact) mass is 233 g/mol. The maximum Gasteiger partial charge on any atom is 0.334 e. The summed E-state index contributed by atoms with van der Waals surface area (Å²) < 4.78 is 5.66. The third-order valence-corrected chi connectivity index (χ3v) is 2.66. The number of halogens is 1. The Morgan fingerprint density at radius 3 is 2.38 bits per heavy atom. The summed E-state index contributed by atoms with van der Waals surface area (Å²) in [5.74, 6) is 1.93. The fourth-order valence-electron chi connectivity index (χ4n) is 1.77. The van der Waals surface area contributed by atoms with Gasteiger partial charge in [-0.25, -0.2) is 4.42 Å². The molecule has 82 valence electrons. The van der Waals surface area contributed by atoms with Crippen LogP contribution in [-0.2, 0) is 6.42 Å². The highest BCUT2D eigenvalue weighted by atomic mass is 35.5. The predicted molar refractivity (Wildman–Crippen MR) is 66.8 cm³/mol. The maximum atomic E-state index is 5.84. The molecule has 2 heteroatoms. The minimum absolute atomic E-state index is 0.765. The van der Waals surface area contributed by atoms with E-state index in [2.05, 4.69) is 13.0 Å². The summed E-state index contributed by atoms with van der Waals surface area (Å²) >= 11 is 5.84. The molecule has 0 amide bonds. The zero-order valence-corrected chi connectivity index (χ0v) is 10.2. The maximum absolute atomic E-state index is 5.84. The van der Waals surface area contributed by atoms with Gasteiger partial charge in [-0.1, -0.05) is 23.7 Å². The van der Waals surface area contributed by atoms with Crippen LogP contribution in [0.5, 0.6) is 0 Å². The minimum atomic E-state index is 0.765. The van der Waals surface area contributed by atoms with Gasteiger partial charge in [0.25, 0.3) is 0 Å². The van der Waals surface area contributed by atoms with Crippen molar-refractivity contribution >= 4 is 11.6 Å². The van der Waals surface area contributed by atoms with Gasteiger partial charge in [-0.15, -0.1) is 0 Å². The van der Waals surface area contributed by atoms with Crippen molar-refractivity contribution in [1.82, 2.24) is 0 Å². The van der Waals surface area contributed by atoms with E-state index < -0.39 is 0 Å². The second-order valence-electron chi connectivity index (χ2n) is 4.01. The molecule has 0 aliphatic heterocycles. The SMILES string of the molecule is Cc1cc(C)[o+]c(Cc2ccc(Cl)cc2)c1. The van der Waals surface area contributed by atoms with Crippen LogP contribution in [0.15, 0.2) is 40.8 Å². The van der Waals surface area contributed by atoms with E-state index in [-0.39, 0.29) is 0 Å². The first-order valence-corrected chi connectivity index (χ1v) is 5.66. The molecule has 2 rings (SSSR count). The Bertz CT molecular complexity index is 468. The quantitative estimate of drug-likeness (QED) is 0.699. The Kier molecular flexibility index (Phi) is 3.25. The van der Waals surface area contributed by atoms with Crippen LogP contribution in [0.25, 0.3) is 0 Å². The highest BCUT2D eigenvalue weighted by molar-refractivity contribution is 6.30. The average molecular weight is 234 g/mol. The molecule has 1 heterocycles. The van der Waals surface area contributed by atoms with Gasteiger partial charge in [0, 0.05) is 17.2 Å². The zero-order chi connectivity index (χ0) is 11.5. The number of benzene rings is 1. The van der Waals surface area contributed by atoms with E-state index in [0.717, 1.165) is 23.0 Å². The van der Waals surface area contributed by atoms with Gasteiger partial charge in [-0.2, -0.15) is 0 Å². The van der Waals surface area contributed by atoms with Crippen LogP contribution >= 0.6 is 11.6 Å². The van der Waals surface area contributed by atoms with E-state index in [4.69, 9.17) is 16.0 Å². The van der Waals surface area contributed by atoms with Crippen molar-refractivity contribution in [2.45, 2.75) is 20.3 Å². The molecular weight excluding hydrogens is 220 g/mol. The van der Waals surface area contributed by atoms with Crippen molar-refractivity contribution in [3.8, 4) is 0 Å². The van der Waals surface area contributed by atoms with Gasteiger partial charge in [0.1, 0.15) is 0 Å². The average Bonchev–Trinajstić information content (AvgIpc) is 2.20. The Hall–Kier alpha value is -1.34. The molecule has 0 N–H and O–H groups in total. The van der Waals surface area contributed by atoms with E-state index in [0.29, 0.717) is 0 Å². The lowest BCUT2D eigenvalue weighted by molar-refractivity contribution is 0.473. The molecule has 0 bridgehead atoms. The summed E-state index contributed by atoms with van der Waals surface area (Å²) in [4.78, 5) is 0. The van der Waals surface area contributed by atoms with Crippen LogP contribution in [-0.4, -0.2) is 0 Å². The number of hydrogen-bond acceptors (Lipinski definition) is 0. The largest absolute Gasteiger partial charge is 0.334 e. The second kappa shape index (κ2) is 4.67. The first-order chi connectivity index (χ1) is 7.63. The van der Waals surface area contributed by atoms with Crippen molar-refractivity contribution in [2.24, 2.45) is 0 Å². The number of rotatable bonds is 2. The van der Waals surface area contributed by atoms with Crippen LogP contribution in [0.4, 0.5) is 0 Å². The molecule has 2 aromatic rings.